The summed E-state index contributed by atoms with van der Waals surface area (Å²) in [4.78, 5) is 12.9. The standard InChI is InChI=1S/C15H10N3.C10H10N2.Ir/c1-10-4-2-5-11-12-6-3-7-16-14(12)18-9-8-17-15(18)13(10)11;1-11-7-8-12(9-11)10-5-3-2-4-6-10;/h2-8H,1H3;2-5,7-9H,1H3;/q-1;-2;+3. The van der Waals surface area contributed by atoms with Gasteiger partial charge < -0.3 is 24.2 Å². The van der Waals surface area contributed by atoms with E-state index in [1.807, 2.05) is 70.6 Å². The second-order valence-corrected chi connectivity index (χ2v) is 7.15. The SMILES string of the molecule is CN1C=CN(c2[c-]cccc2)[CH-]1.Cc1cccc2c3cccnc3n3[c-]cnc3c12.[Ir+3]. The molecular formula is C25H20IrN5. The number of pyridine rings is 2. The van der Waals surface area contributed by atoms with Crippen LogP contribution in [0.4, 0.5) is 5.69 Å². The predicted molar refractivity (Wildman–Crippen MR) is 121 cm³/mol. The van der Waals surface area contributed by atoms with E-state index in [2.05, 4.69) is 53.4 Å². The van der Waals surface area contributed by atoms with Gasteiger partial charge >= 0.3 is 20.1 Å². The molecule has 5 nitrogen and oxygen atoms in total. The van der Waals surface area contributed by atoms with E-state index < -0.39 is 0 Å². The second kappa shape index (κ2) is 8.88. The van der Waals surface area contributed by atoms with Crippen molar-refractivity contribution >= 4 is 33.1 Å². The number of fused-ring (bicyclic) bond motifs is 6. The van der Waals surface area contributed by atoms with Crippen LogP contribution in [-0.2, 0) is 20.1 Å². The van der Waals surface area contributed by atoms with Gasteiger partial charge in [-0.1, -0.05) is 36.0 Å². The van der Waals surface area contributed by atoms with Gasteiger partial charge in [0.05, 0.1) is 0 Å². The van der Waals surface area contributed by atoms with E-state index in [0.29, 0.717) is 0 Å². The zero-order valence-corrected chi connectivity index (χ0v) is 19.5. The molecule has 4 heterocycles. The molecule has 0 saturated heterocycles. The van der Waals surface area contributed by atoms with Gasteiger partial charge in [0.1, 0.15) is 0 Å². The van der Waals surface area contributed by atoms with E-state index in [4.69, 9.17) is 0 Å². The Morgan fingerprint density at radius 3 is 2.55 bits per heavy atom. The largest absolute Gasteiger partial charge is 3.00 e. The van der Waals surface area contributed by atoms with Crippen LogP contribution in [0.15, 0.2) is 79.4 Å². The van der Waals surface area contributed by atoms with Gasteiger partial charge in [0.25, 0.3) is 0 Å². The number of aryl methyl sites for hydroxylation is 1. The van der Waals surface area contributed by atoms with E-state index in [1.165, 1.54) is 16.3 Å². The van der Waals surface area contributed by atoms with Crippen LogP contribution in [0.5, 0.6) is 0 Å². The van der Waals surface area contributed by atoms with Crippen LogP contribution in [0.2, 0.25) is 0 Å². The van der Waals surface area contributed by atoms with Crippen molar-refractivity contribution in [3.8, 4) is 0 Å². The summed E-state index contributed by atoms with van der Waals surface area (Å²) in [5, 5.41) is 3.52. The molecule has 0 saturated carbocycles. The number of aromatic nitrogens is 3. The number of hydrogen-bond acceptors (Lipinski definition) is 4. The minimum atomic E-state index is 0. The summed E-state index contributed by atoms with van der Waals surface area (Å²) in [6, 6.07) is 21.4. The van der Waals surface area contributed by atoms with Crippen molar-refractivity contribution in [3.63, 3.8) is 0 Å². The fourth-order valence-corrected chi connectivity index (χ4v) is 3.72. The van der Waals surface area contributed by atoms with Crippen molar-refractivity contribution in [3.05, 3.63) is 104 Å². The summed E-state index contributed by atoms with van der Waals surface area (Å²) in [6.45, 7) is 4.12. The minimum absolute atomic E-state index is 0. The molecule has 6 heteroatoms. The molecule has 2 aromatic carbocycles. The molecule has 0 aliphatic carbocycles. The Hall–Kier alpha value is -3.21. The predicted octanol–water partition coefficient (Wildman–Crippen LogP) is 4.97. The molecule has 1 aliphatic rings. The summed E-state index contributed by atoms with van der Waals surface area (Å²) in [6.07, 6.45) is 10.6. The molecular weight excluding hydrogens is 563 g/mol. The normalized spacial score (nSPS) is 12.8. The first-order valence-corrected chi connectivity index (χ1v) is 9.74. The van der Waals surface area contributed by atoms with Crippen LogP contribution >= 0.6 is 0 Å². The van der Waals surface area contributed by atoms with Crippen LogP contribution in [-0.4, -0.2) is 26.3 Å². The van der Waals surface area contributed by atoms with Crippen LogP contribution in [0.25, 0.3) is 27.5 Å². The molecule has 0 bridgehead atoms. The fraction of sp³-hybridized carbons (Fsp3) is 0.0800. The summed E-state index contributed by atoms with van der Waals surface area (Å²) in [7, 11) is 2.00. The first-order chi connectivity index (χ1) is 14.7. The van der Waals surface area contributed by atoms with E-state index >= 15 is 0 Å². The van der Waals surface area contributed by atoms with Gasteiger partial charge in [-0.05, 0) is 54.8 Å². The molecule has 0 fully saturated rings. The third-order valence-corrected chi connectivity index (χ3v) is 5.11. The molecule has 1 aliphatic heterocycles. The zero-order valence-electron chi connectivity index (χ0n) is 17.2. The van der Waals surface area contributed by atoms with Gasteiger partial charge in [-0.3, -0.25) is 0 Å². The van der Waals surface area contributed by atoms with Crippen molar-refractivity contribution in [1.82, 2.24) is 19.3 Å². The van der Waals surface area contributed by atoms with Gasteiger partial charge in [0, 0.05) is 17.5 Å². The summed E-state index contributed by atoms with van der Waals surface area (Å²) in [5.74, 6) is 0. The topological polar surface area (TPSA) is 36.7 Å². The maximum atomic E-state index is 4.45. The monoisotopic (exact) mass is 583 g/mol. The van der Waals surface area contributed by atoms with E-state index in [0.717, 1.165) is 22.4 Å². The van der Waals surface area contributed by atoms with Crippen LogP contribution < -0.4 is 4.90 Å². The number of hydrogen-bond donors (Lipinski definition) is 0. The van der Waals surface area contributed by atoms with Gasteiger partial charge in [0.15, 0.2) is 0 Å². The van der Waals surface area contributed by atoms with Crippen molar-refractivity contribution in [2.75, 3.05) is 11.9 Å². The van der Waals surface area contributed by atoms with Crippen molar-refractivity contribution in [2.45, 2.75) is 6.92 Å². The Balaban J connectivity index is 0.000000156. The molecule has 154 valence electrons. The Morgan fingerprint density at radius 2 is 1.77 bits per heavy atom. The van der Waals surface area contributed by atoms with Gasteiger partial charge in [0.2, 0.25) is 0 Å². The van der Waals surface area contributed by atoms with Gasteiger partial charge in [-0.2, -0.15) is 37.0 Å². The van der Waals surface area contributed by atoms with Gasteiger partial charge in [-0.15, -0.1) is 5.69 Å². The molecule has 0 spiro atoms. The smallest absolute Gasteiger partial charge is 0.510 e. The fourth-order valence-electron chi connectivity index (χ4n) is 3.72. The zero-order chi connectivity index (χ0) is 20.5. The Labute approximate surface area is 195 Å². The minimum Gasteiger partial charge on any atom is -0.510 e. The van der Waals surface area contributed by atoms with Crippen molar-refractivity contribution in [1.29, 1.82) is 0 Å². The summed E-state index contributed by atoms with van der Waals surface area (Å²) in [5.41, 5.74) is 4.12. The average Bonchev–Trinajstić information content (AvgIpc) is 3.44. The first kappa shape index (κ1) is 21.0. The van der Waals surface area contributed by atoms with E-state index in [1.54, 1.807) is 12.4 Å². The molecule has 0 atom stereocenters. The number of imidazole rings is 1. The maximum Gasteiger partial charge on any atom is 3.00 e. The molecule has 31 heavy (non-hydrogen) atoms. The molecule has 3 aromatic heterocycles. The van der Waals surface area contributed by atoms with Crippen molar-refractivity contribution < 1.29 is 20.1 Å². The number of benzene rings is 2. The molecule has 0 N–H and O–H groups in total. The average molecular weight is 583 g/mol. The number of para-hydroxylation sites is 1. The summed E-state index contributed by atoms with van der Waals surface area (Å²) >= 11 is 0. The molecule has 6 rings (SSSR count). The van der Waals surface area contributed by atoms with Gasteiger partial charge in [-0.25, -0.2) is 0 Å². The molecule has 0 radical (unpaired) electrons. The molecule has 0 amide bonds. The number of rotatable bonds is 1. The van der Waals surface area contributed by atoms with Crippen LogP contribution in [0, 0.1) is 25.9 Å². The van der Waals surface area contributed by atoms with E-state index in [-0.39, 0.29) is 20.1 Å². The molecule has 0 unspecified atom stereocenters. The van der Waals surface area contributed by atoms with Crippen LogP contribution in [0.1, 0.15) is 5.56 Å². The second-order valence-electron chi connectivity index (χ2n) is 7.15. The van der Waals surface area contributed by atoms with Crippen molar-refractivity contribution in [2.24, 2.45) is 0 Å². The Morgan fingerprint density at radius 1 is 0.903 bits per heavy atom. The quantitative estimate of drug-likeness (QED) is 0.207. The Bertz CT molecular complexity index is 1360. The van der Waals surface area contributed by atoms with E-state index in [9.17, 15) is 0 Å². The number of anilines is 1. The summed E-state index contributed by atoms with van der Waals surface area (Å²) < 4.78 is 1.94. The Kier molecular flexibility index (Phi) is 6.03. The number of nitrogens with zero attached hydrogens (tertiary/aromatic N) is 5. The first-order valence-electron chi connectivity index (χ1n) is 9.74. The molecule has 5 aromatic rings. The maximum absolute atomic E-state index is 4.45. The van der Waals surface area contributed by atoms with Crippen LogP contribution in [0.3, 0.4) is 0 Å². The third kappa shape index (κ3) is 3.92. The third-order valence-electron chi connectivity index (χ3n) is 5.11.